The lowest BCUT2D eigenvalue weighted by atomic mass is 10.4. The third kappa shape index (κ3) is 5.63. The Kier molecular flexibility index (Phi) is 6.44. The highest BCUT2D eigenvalue weighted by atomic mass is 32.2. The number of hydrogen-bond acceptors (Lipinski definition) is 4. The first-order valence-corrected chi connectivity index (χ1v) is 6.16. The summed E-state index contributed by atoms with van der Waals surface area (Å²) in [6.07, 6.45) is 0.576. The third-order valence-corrected chi connectivity index (χ3v) is 2.99. The molecule has 0 atom stereocenters. The average molecular weight is 239 g/mol. The Morgan fingerprint density at radius 2 is 2.06 bits per heavy atom. The van der Waals surface area contributed by atoms with Crippen molar-refractivity contribution in [3.63, 3.8) is 0 Å². The zero-order chi connectivity index (χ0) is 11.6. The molecule has 0 fully saturated rings. The van der Waals surface area contributed by atoms with Crippen molar-refractivity contribution < 1.29 is 5.21 Å². The summed E-state index contributed by atoms with van der Waals surface area (Å²) >= 11 is 1.81. The maximum absolute atomic E-state index is 8.32. The monoisotopic (exact) mass is 239 g/mol. The lowest BCUT2D eigenvalue weighted by Crippen LogP contribution is -2.24. The minimum Gasteiger partial charge on any atom is -0.409 e. The summed E-state index contributed by atoms with van der Waals surface area (Å²) in [5.74, 6) is 1.28. The van der Waals surface area contributed by atoms with Crippen LogP contribution in [-0.2, 0) is 0 Å². The van der Waals surface area contributed by atoms with Crippen LogP contribution in [0, 0.1) is 0 Å². The first-order valence-electron chi connectivity index (χ1n) is 5.18. The summed E-state index contributed by atoms with van der Waals surface area (Å²) in [5, 5.41) is 14.4. The van der Waals surface area contributed by atoms with Gasteiger partial charge in [0.1, 0.15) is 5.84 Å². The molecular weight excluding hydrogens is 222 g/mol. The topological polar surface area (TPSA) is 70.6 Å². The number of hydrogen-bond donors (Lipinski definition) is 3. The van der Waals surface area contributed by atoms with Crippen molar-refractivity contribution in [2.24, 2.45) is 10.9 Å². The van der Waals surface area contributed by atoms with Gasteiger partial charge in [0.2, 0.25) is 0 Å². The normalized spacial score (nSPS) is 11.6. The highest BCUT2D eigenvalue weighted by Gasteiger charge is 1.94. The van der Waals surface area contributed by atoms with Gasteiger partial charge < -0.3 is 16.3 Å². The molecule has 4 nitrogen and oxygen atoms in total. The zero-order valence-electron chi connectivity index (χ0n) is 9.10. The first-order chi connectivity index (χ1) is 7.83. The molecule has 0 aromatic heterocycles. The van der Waals surface area contributed by atoms with Crippen molar-refractivity contribution in [3.8, 4) is 0 Å². The van der Waals surface area contributed by atoms with Crippen LogP contribution in [0.15, 0.2) is 40.4 Å². The maximum Gasteiger partial charge on any atom is 0.140 e. The van der Waals surface area contributed by atoms with E-state index in [0.29, 0.717) is 6.42 Å². The van der Waals surface area contributed by atoms with Gasteiger partial charge in [-0.15, -0.1) is 11.8 Å². The van der Waals surface area contributed by atoms with Crippen molar-refractivity contribution in [2.45, 2.75) is 11.3 Å². The second-order valence-electron chi connectivity index (χ2n) is 3.25. The summed E-state index contributed by atoms with van der Waals surface area (Å²) in [6.45, 7) is 1.66. The Morgan fingerprint density at radius 1 is 1.31 bits per heavy atom. The molecule has 0 saturated carbocycles. The fourth-order valence-electron chi connectivity index (χ4n) is 1.15. The highest BCUT2D eigenvalue weighted by molar-refractivity contribution is 7.99. The van der Waals surface area contributed by atoms with Crippen LogP contribution in [0.2, 0.25) is 0 Å². The van der Waals surface area contributed by atoms with Gasteiger partial charge in [-0.1, -0.05) is 23.4 Å². The predicted molar refractivity (Wildman–Crippen MR) is 68.1 cm³/mol. The van der Waals surface area contributed by atoms with E-state index in [1.54, 1.807) is 0 Å². The number of rotatable bonds is 7. The lowest BCUT2D eigenvalue weighted by Gasteiger charge is -2.03. The van der Waals surface area contributed by atoms with Gasteiger partial charge >= 0.3 is 0 Å². The molecule has 0 aliphatic carbocycles. The lowest BCUT2D eigenvalue weighted by molar-refractivity contribution is 0.316. The van der Waals surface area contributed by atoms with Crippen LogP contribution in [0.3, 0.4) is 0 Å². The summed E-state index contributed by atoms with van der Waals surface area (Å²) in [6, 6.07) is 10.3. The summed E-state index contributed by atoms with van der Waals surface area (Å²) in [7, 11) is 0. The molecule has 0 aliphatic heterocycles. The number of nitrogens with two attached hydrogens (primary N) is 1. The largest absolute Gasteiger partial charge is 0.409 e. The number of oxime groups is 1. The third-order valence-electron chi connectivity index (χ3n) is 1.98. The molecular formula is C11H17N3OS. The van der Waals surface area contributed by atoms with E-state index in [1.807, 2.05) is 30.0 Å². The maximum atomic E-state index is 8.32. The van der Waals surface area contributed by atoms with E-state index < -0.39 is 0 Å². The van der Waals surface area contributed by atoms with Gasteiger partial charge in [-0.25, -0.2) is 0 Å². The van der Waals surface area contributed by atoms with E-state index in [0.717, 1.165) is 18.8 Å². The number of amidine groups is 1. The second kappa shape index (κ2) is 8.01. The van der Waals surface area contributed by atoms with E-state index in [9.17, 15) is 0 Å². The molecule has 5 heteroatoms. The van der Waals surface area contributed by atoms with Crippen LogP contribution in [0.25, 0.3) is 0 Å². The molecule has 0 saturated heterocycles. The Balaban J connectivity index is 2.01. The first kappa shape index (κ1) is 12.9. The molecule has 0 heterocycles. The quantitative estimate of drug-likeness (QED) is 0.168. The van der Waals surface area contributed by atoms with Crippen LogP contribution in [0.1, 0.15) is 6.42 Å². The van der Waals surface area contributed by atoms with Crippen molar-refractivity contribution >= 4 is 17.6 Å². The van der Waals surface area contributed by atoms with Gasteiger partial charge in [-0.3, -0.25) is 0 Å². The SMILES string of the molecule is NC(CCNCCSc1ccccc1)=NO. The van der Waals surface area contributed by atoms with Gasteiger partial charge in [0.25, 0.3) is 0 Å². The van der Waals surface area contributed by atoms with E-state index in [2.05, 4.69) is 22.6 Å². The molecule has 0 spiro atoms. The number of benzene rings is 1. The highest BCUT2D eigenvalue weighted by Crippen LogP contribution is 2.15. The fraction of sp³-hybridized carbons (Fsp3) is 0.364. The van der Waals surface area contributed by atoms with Crippen molar-refractivity contribution in [3.05, 3.63) is 30.3 Å². The molecule has 0 bridgehead atoms. The zero-order valence-corrected chi connectivity index (χ0v) is 9.91. The van der Waals surface area contributed by atoms with Gasteiger partial charge in [-0.2, -0.15) is 0 Å². The van der Waals surface area contributed by atoms with Gasteiger partial charge in [0.15, 0.2) is 0 Å². The number of nitrogens with one attached hydrogen (secondary N) is 1. The Labute approximate surface area is 99.9 Å². The average Bonchev–Trinajstić information content (AvgIpc) is 2.34. The summed E-state index contributed by atoms with van der Waals surface area (Å²) < 4.78 is 0. The van der Waals surface area contributed by atoms with E-state index in [1.165, 1.54) is 4.90 Å². The van der Waals surface area contributed by atoms with Crippen LogP contribution in [0.5, 0.6) is 0 Å². The smallest absolute Gasteiger partial charge is 0.140 e. The van der Waals surface area contributed by atoms with Crippen molar-refractivity contribution in [2.75, 3.05) is 18.8 Å². The molecule has 0 unspecified atom stereocenters. The van der Waals surface area contributed by atoms with Gasteiger partial charge in [0, 0.05) is 30.2 Å². The van der Waals surface area contributed by atoms with Gasteiger partial charge in [-0.05, 0) is 12.1 Å². The minimum absolute atomic E-state index is 0.267. The molecule has 4 N–H and O–H groups in total. The van der Waals surface area contributed by atoms with E-state index >= 15 is 0 Å². The Morgan fingerprint density at radius 3 is 2.75 bits per heavy atom. The molecule has 1 aromatic rings. The standard InChI is InChI=1S/C11H17N3OS/c12-11(14-15)6-7-13-8-9-16-10-4-2-1-3-5-10/h1-5,13,15H,6-9H2,(H2,12,14). The number of thioether (sulfide) groups is 1. The molecule has 0 radical (unpaired) electrons. The molecule has 0 amide bonds. The van der Waals surface area contributed by atoms with Crippen LogP contribution in [-0.4, -0.2) is 29.9 Å². The van der Waals surface area contributed by atoms with Gasteiger partial charge in [0.05, 0.1) is 0 Å². The second-order valence-corrected chi connectivity index (χ2v) is 4.42. The summed E-state index contributed by atoms with van der Waals surface area (Å²) in [5.41, 5.74) is 5.33. The van der Waals surface area contributed by atoms with E-state index in [4.69, 9.17) is 10.9 Å². The molecule has 1 aromatic carbocycles. The predicted octanol–water partition coefficient (Wildman–Crippen LogP) is 1.50. The summed E-state index contributed by atoms with van der Waals surface area (Å²) in [4.78, 5) is 1.28. The van der Waals surface area contributed by atoms with E-state index in [-0.39, 0.29) is 5.84 Å². The molecule has 88 valence electrons. The Hall–Kier alpha value is -1.20. The van der Waals surface area contributed by atoms with Crippen LogP contribution < -0.4 is 11.1 Å². The van der Waals surface area contributed by atoms with Crippen molar-refractivity contribution in [1.29, 1.82) is 0 Å². The molecule has 0 aliphatic rings. The van der Waals surface area contributed by atoms with Crippen LogP contribution in [0.4, 0.5) is 0 Å². The van der Waals surface area contributed by atoms with Crippen molar-refractivity contribution in [1.82, 2.24) is 5.32 Å². The molecule has 16 heavy (non-hydrogen) atoms. The number of nitrogens with zero attached hydrogens (tertiary/aromatic N) is 1. The minimum atomic E-state index is 0.267. The fourth-order valence-corrected chi connectivity index (χ4v) is 1.98. The van der Waals surface area contributed by atoms with Crippen LogP contribution >= 0.6 is 11.8 Å². The molecule has 1 rings (SSSR count). The Bertz CT molecular complexity index is 316.